The van der Waals surface area contributed by atoms with Crippen LogP contribution in [0.2, 0.25) is 0 Å². The first-order valence-corrected chi connectivity index (χ1v) is 6.53. The van der Waals surface area contributed by atoms with Gasteiger partial charge in [-0.25, -0.2) is 0 Å². The van der Waals surface area contributed by atoms with Gasteiger partial charge < -0.3 is 15.6 Å². The molecule has 3 rings (SSSR count). The lowest BCUT2D eigenvalue weighted by Gasteiger charge is -2.10. The molecule has 1 aromatic heterocycles. The normalized spacial score (nSPS) is 10.5. The summed E-state index contributed by atoms with van der Waals surface area (Å²) in [6.45, 7) is 0.388. The van der Waals surface area contributed by atoms with E-state index in [9.17, 15) is 5.11 Å². The Morgan fingerprint density at radius 3 is 2.67 bits per heavy atom. The quantitative estimate of drug-likeness (QED) is 0.686. The molecule has 106 valence electrons. The number of nitrogens with zero attached hydrogens (tertiary/aromatic N) is 1. The summed E-state index contributed by atoms with van der Waals surface area (Å²) in [6, 6.07) is 14.9. The molecule has 0 atom stereocenters. The summed E-state index contributed by atoms with van der Waals surface area (Å²) in [5.41, 5.74) is 8.45. The number of H-pyrrole nitrogens is 1. The van der Waals surface area contributed by atoms with Crippen molar-refractivity contribution in [3.8, 4) is 22.6 Å². The van der Waals surface area contributed by atoms with Crippen LogP contribution in [0.5, 0.6) is 11.5 Å². The molecule has 0 aliphatic heterocycles. The number of aromatic nitrogens is 2. The fourth-order valence-electron chi connectivity index (χ4n) is 2.06. The molecule has 0 fully saturated rings. The second-order valence-electron chi connectivity index (χ2n) is 4.65. The van der Waals surface area contributed by atoms with Crippen molar-refractivity contribution in [2.24, 2.45) is 0 Å². The highest BCUT2D eigenvalue weighted by molar-refractivity contribution is 5.74. The van der Waals surface area contributed by atoms with Crippen molar-refractivity contribution in [3.63, 3.8) is 0 Å². The lowest BCUT2D eigenvalue weighted by atomic mass is 10.1. The van der Waals surface area contributed by atoms with Crippen LogP contribution in [-0.4, -0.2) is 15.3 Å². The molecule has 0 radical (unpaired) electrons. The molecule has 21 heavy (non-hydrogen) atoms. The largest absolute Gasteiger partial charge is 0.504 e. The lowest BCUT2D eigenvalue weighted by Crippen LogP contribution is -1.96. The van der Waals surface area contributed by atoms with Gasteiger partial charge in [-0.3, -0.25) is 5.10 Å². The first-order chi connectivity index (χ1) is 10.2. The van der Waals surface area contributed by atoms with Crippen LogP contribution in [0.4, 0.5) is 5.82 Å². The molecule has 0 aliphatic rings. The monoisotopic (exact) mass is 281 g/mol. The molecule has 2 aromatic carbocycles. The van der Waals surface area contributed by atoms with Crippen molar-refractivity contribution in [2.75, 3.05) is 5.73 Å². The maximum atomic E-state index is 9.90. The first-order valence-electron chi connectivity index (χ1n) is 6.53. The second kappa shape index (κ2) is 5.58. The van der Waals surface area contributed by atoms with E-state index in [0.717, 1.165) is 16.7 Å². The van der Waals surface area contributed by atoms with E-state index in [4.69, 9.17) is 10.5 Å². The van der Waals surface area contributed by atoms with Crippen molar-refractivity contribution in [1.82, 2.24) is 10.2 Å². The van der Waals surface area contributed by atoms with Gasteiger partial charge in [0.05, 0.1) is 6.20 Å². The van der Waals surface area contributed by atoms with Crippen molar-refractivity contribution in [1.29, 1.82) is 0 Å². The number of nitrogen functional groups attached to an aromatic ring is 1. The van der Waals surface area contributed by atoms with Crippen LogP contribution in [0.15, 0.2) is 54.7 Å². The van der Waals surface area contributed by atoms with Gasteiger partial charge >= 0.3 is 0 Å². The molecule has 5 heteroatoms. The number of rotatable bonds is 4. The number of nitrogens with one attached hydrogen (secondary N) is 1. The summed E-state index contributed by atoms with van der Waals surface area (Å²) in [5.74, 6) is 0.989. The van der Waals surface area contributed by atoms with Crippen molar-refractivity contribution in [3.05, 3.63) is 60.3 Å². The van der Waals surface area contributed by atoms with E-state index in [0.29, 0.717) is 18.2 Å². The molecule has 1 heterocycles. The third kappa shape index (κ3) is 2.81. The van der Waals surface area contributed by atoms with Crippen LogP contribution in [0.1, 0.15) is 5.56 Å². The van der Waals surface area contributed by atoms with E-state index in [1.807, 2.05) is 30.3 Å². The Hall–Kier alpha value is -2.95. The minimum absolute atomic E-state index is 0.0942. The Morgan fingerprint density at radius 1 is 1.14 bits per heavy atom. The van der Waals surface area contributed by atoms with Crippen LogP contribution in [-0.2, 0) is 6.61 Å². The van der Waals surface area contributed by atoms with Crippen molar-refractivity contribution in [2.45, 2.75) is 6.61 Å². The number of nitrogens with two attached hydrogens (primary N) is 1. The minimum atomic E-state index is 0.0942. The smallest absolute Gasteiger partial charge is 0.162 e. The van der Waals surface area contributed by atoms with Crippen LogP contribution in [0, 0.1) is 0 Å². The Labute approximate surface area is 122 Å². The number of hydrogen-bond acceptors (Lipinski definition) is 4. The molecule has 0 aliphatic carbocycles. The van der Waals surface area contributed by atoms with Crippen LogP contribution < -0.4 is 10.5 Å². The number of anilines is 1. The average Bonchev–Trinajstić information content (AvgIpc) is 2.94. The number of phenolic OH excluding ortho intramolecular Hbond substituents is 1. The number of aromatic hydroxyl groups is 1. The molecular formula is C16H15N3O2. The summed E-state index contributed by atoms with van der Waals surface area (Å²) in [5, 5.41) is 16.5. The third-order valence-electron chi connectivity index (χ3n) is 3.18. The number of phenols is 1. The van der Waals surface area contributed by atoms with Gasteiger partial charge in [-0.2, -0.15) is 5.10 Å². The van der Waals surface area contributed by atoms with E-state index in [1.165, 1.54) is 0 Å². The maximum Gasteiger partial charge on any atom is 0.162 e. The predicted molar refractivity (Wildman–Crippen MR) is 80.9 cm³/mol. The van der Waals surface area contributed by atoms with Crippen LogP contribution >= 0.6 is 0 Å². The van der Waals surface area contributed by atoms with E-state index < -0.39 is 0 Å². The Bertz CT molecular complexity index is 738. The molecule has 0 amide bonds. The zero-order valence-electron chi connectivity index (χ0n) is 11.3. The maximum absolute atomic E-state index is 9.90. The van der Waals surface area contributed by atoms with Gasteiger partial charge in [-0.1, -0.05) is 36.4 Å². The average molecular weight is 281 g/mol. The van der Waals surface area contributed by atoms with E-state index >= 15 is 0 Å². The third-order valence-corrected chi connectivity index (χ3v) is 3.18. The van der Waals surface area contributed by atoms with Crippen LogP contribution in [0.3, 0.4) is 0 Å². The van der Waals surface area contributed by atoms with Crippen molar-refractivity contribution >= 4 is 5.82 Å². The number of benzene rings is 2. The highest BCUT2D eigenvalue weighted by Crippen LogP contribution is 2.33. The number of aromatic amines is 1. The number of hydrogen-bond donors (Lipinski definition) is 3. The molecule has 0 bridgehead atoms. The zero-order valence-corrected chi connectivity index (χ0v) is 11.3. The standard InChI is InChI=1S/C16H15N3O2/c17-16-13(9-18-19-16)12-6-7-14(20)15(8-12)21-10-11-4-2-1-3-5-11/h1-9,20H,10H2,(H3,17,18,19). The topological polar surface area (TPSA) is 84.2 Å². The molecule has 0 spiro atoms. The first kappa shape index (κ1) is 13.1. The van der Waals surface area contributed by atoms with Gasteiger partial charge in [0.2, 0.25) is 0 Å². The van der Waals surface area contributed by atoms with Gasteiger partial charge in [0, 0.05) is 5.56 Å². The van der Waals surface area contributed by atoms with Crippen LogP contribution in [0.25, 0.3) is 11.1 Å². The Morgan fingerprint density at radius 2 is 1.95 bits per heavy atom. The Balaban J connectivity index is 1.83. The SMILES string of the molecule is Nc1[nH]ncc1-c1ccc(O)c(OCc2ccccc2)c1. The zero-order chi connectivity index (χ0) is 14.7. The summed E-state index contributed by atoms with van der Waals surface area (Å²) in [7, 11) is 0. The van der Waals surface area contributed by atoms with Gasteiger partial charge in [-0.15, -0.1) is 0 Å². The molecule has 3 aromatic rings. The van der Waals surface area contributed by atoms with E-state index in [2.05, 4.69) is 10.2 Å². The molecule has 0 saturated heterocycles. The van der Waals surface area contributed by atoms with Crippen molar-refractivity contribution < 1.29 is 9.84 Å². The summed E-state index contributed by atoms with van der Waals surface area (Å²) >= 11 is 0. The summed E-state index contributed by atoms with van der Waals surface area (Å²) in [4.78, 5) is 0. The molecular weight excluding hydrogens is 266 g/mol. The summed E-state index contributed by atoms with van der Waals surface area (Å²) < 4.78 is 5.68. The minimum Gasteiger partial charge on any atom is -0.504 e. The van der Waals surface area contributed by atoms with E-state index in [-0.39, 0.29) is 5.75 Å². The molecule has 0 unspecified atom stereocenters. The molecule has 4 N–H and O–H groups in total. The highest BCUT2D eigenvalue weighted by Gasteiger charge is 2.09. The van der Waals surface area contributed by atoms with Gasteiger partial charge in [-0.05, 0) is 23.3 Å². The highest BCUT2D eigenvalue weighted by atomic mass is 16.5. The fourth-order valence-corrected chi connectivity index (χ4v) is 2.06. The summed E-state index contributed by atoms with van der Waals surface area (Å²) in [6.07, 6.45) is 1.64. The lowest BCUT2D eigenvalue weighted by molar-refractivity contribution is 0.289. The van der Waals surface area contributed by atoms with Gasteiger partial charge in [0.15, 0.2) is 11.5 Å². The van der Waals surface area contributed by atoms with Gasteiger partial charge in [0.25, 0.3) is 0 Å². The second-order valence-corrected chi connectivity index (χ2v) is 4.65. The predicted octanol–water partition coefficient (Wildman–Crippen LogP) is 2.94. The van der Waals surface area contributed by atoms with Gasteiger partial charge in [0.1, 0.15) is 12.4 Å². The van der Waals surface area contributed by atoms with E-state index in [1.54, 1.807) is 24.4 Å². The Kier molecular flexibility index (Phi) is 3.47. The molecule has 0 saturated carbocycles. The fraction of sp³-hybridized carbons (Fsp3) is 0.0625. The number of ether oxygens (including phenoxy) is 1. The molecule has 5 nitrogen and oxygen atoms in total.